The van der Waals surface area contributed by atoms with Gasteiger partial charge in [0.2, 0.25) is 5.95 Å². The van der Waals surface area contributed by atoms with Crippen LogP contribution in [0, 0.1) is 13.8 Å². The quantitative estimate of drug-likeness (QED) is 0.391. The van der Waals surface area contributed by atoms with Crippen LogP contribution in [-0.4, -0.2) is 34.3 Å². The fraction of sp³-hybridized carbons (Fsp3) is 0.250. The van der Waals surface area contributed by atoms with Gasteiger partial charge in [0.1, 0.15) is 5.69 Å². The molecule has 9 nitrogen and oxygen atoms in total. The van der Waals surface area contributed by atoms with Crippen LogP contribution >= 0.6 is 0 Å². The first kappa shape index (κ1) is 22.1. The standard InChI is InChI=1S/C24H19F3N8O/c1-12-18(13(2)34(32-12)14-9-10-14)20-31-21-15-6-5-7-16(24(25,26)27)19(15)30-23(35(21)33-20)29-17-8-3-4-11-28-22(17)36/h3-8,11,14H,9-10H2,1-2H3,(H,28,29,30,36). The molecule has 0 unspecified atom stereocenters. The molecule has 1 aromatic carbocycles. The van der Waals surface area contributed by atoms with Crippen LogP contribution in [0.2, 0.25) is 0 Å². The van der Waals surface area contributed by atoms with Crippen molar-refractivity contribution in [1.29, 1.82) is 0 Å². The molecule has 4 heterocycles. The average Bonchev–Trinajstić information content (AvgIpc) is 3.54. The number of fused-ring (bicyclic) bond motifs is 3. The molecule has 36 heavy (non-hydrogen) atoms. The molecule has 6 rings (SSSR count). The van der Waals surface area contributed by atoms with Crippen molar-refractivity contribution in [3.8, 4) is 11.4 Å². The molecule has 1 aliphatic carbocycles. The molecule has 0 spiro atoms. The summed E-state index contributed by atoms with van der Waals surface area (Å²) in [5.74, 6) is 0.216. The minimum absolute atomic E-state index is 0.0311. The number of hydrogen-bond donors (Lipinski definition) is 1. The van der Waals surface area contributed by atoms with Gasteiger partial charge in [-0.15, -0.1) is 5.10 Å². The van der Waals surface area contributed by atoms with Gasteiger partial charge in [0.05, 0.1) is 28.4 Å². The van der Waals surface area contributed by atoms with Crippen LogP contribution in [0.5, 0.6) is 0 Å². The minimum atomic E-state index is -4.64. The average molecular weight is 492 g/mol. The van der Waals surface area contributed by atoms with E-state index in [4.69, 9.17) is 0 Å². The fourth-order valence-electron chi connectivity index (χ4n) is 4.38. The zero-order chi connectivity index (χ0) is 25.2. The van der Waals surface area contributed by atoms with E-state index in [-0.39, 0.29) is 28.2 Å². The van der Waals surface area contributed by atoms with E-state index in [9.17, 15) is 18.0 Å². The largest absolute Gasteiger partial charge is 0.418 e. The molecular weight excluding hydrogens is 473 g/mol. The van der Waals surface area contributed by atoms with E-state index in [1.165, 1.54) is 28.9 Å². The van der Waals surface area contributed by atoms with Crippen LogP contribution in [0.4, 0.5) is 24.8 Å². The molecule has 0 atom stereocenters. The summed E-state index contributed by atoms with van der Waals surface area (Å²) in [6.07, 6.45) is -1.23. The van der Waals surface area contributed by atoms with Crippen molar-refractivity contribution in [2.45, 2.75) is 38.9 Å². The normalized spacial score (nSPS) is 14.0. The molecule has 1 saturated carbocycles. The van der Waals surface area contributed by atoms with Crippen molar-refractivity contribution in [1.82, 2.24) is 34.3 Å². The molecule has 182 valence electrons. The van der Waals surface area contributed by atoms with Crippen LogP contribution in [0.1, 0.15) is 35.8 Å². The summed E-state index contributed by atoms with van der Waals surface area (Å²) in [7, 11) is 0. The second-order valence-electron chi connectivity index (χ2n) is 8.70. The molecule has 0 bridgehead atoms. The maximum atomic E-state index is 13.9. The summed E-state index contributed by atoms with van der Waals surface area (Å²) in [5, 5.41) is 12.2. The molecule has 0 radical (unpaired) electrons. The van der Waals surface area contributed by atoms with Gasteiger partial charge >= 0.3 is 6.18 Å². The zero-order valence-electron chi connectivity index (χ0n) is 19.2. The first-order chi connectivity index (χ1) is 17.2. The van der Waals surface area contributed by atoms with Crippen molar-refractivity contribution >= 4 is 28.2 Å². The maximum absolute atomic E-state index is 13.9. The number of alkyl halides is 3. The van der Waals surface area contributed by atoms with Gasteiger partial charge < -0.3 is 5.32 Å². The van der Waals surface area contributed by atoms with Crippen LogP contribution < -0.4 is 10.9 Å². The number of benzene rings is 1. The highest BCUT2D eigenvalue weighted by molar-refractivity contribution is 5.95. The summed E-state index contributed by atoms with van der Waals surface area (Å²) in [4.78, 5) is 25.1. The number of anilines is 2. The van der Waals surface area contributed by atoms with Crippen molar-refractivity contribution in [2.24, 2.45) is 0 Å². The molecule has 0 saturated heterocycles. The number of rotatable bonds is 4. The van der Waals surface area contributed by atoms with Crippen molar-refractivity contribution in [3.05, 3.63) is 69.9 Å². The first-order valence-electron chi connectivity index (χ1n) is 11.3. The van der Waals surface area contributed by atoms with Gasteiger partial charge in [-0.25, -0.2) is 15.0 Å². The molecule has 1 fully saturated rings. The van der Waals surface area contributed by atoms with Crippen LogP contribution in [0.15, 0.2) is 47.4 Å². The number of halogens is 3. The molecule has 12 heteroatoms. The summed E-state index contributed by atoms with van der Waals surface area (Å²) < 4.78 is 44.9. The summed E-state index contributed by atoms with van der Waals surface area (Å²) in [6, 6.07) is 8.75. The Hall–Kier alpha value is -4.35. The Morgan fingerprint density at radius 1 is 1.03 bits per heavy atom. The third-order valence-corrected chi connectivity index (χ3v) is 6.18. The lowest BCUT2D eigenvalue weighted by atomic mass is 10.1. The monoisotopic (exact) mass is 492 g/mol. The van der Waals surface area contributed by atoms with Crippen LogP contribution in [-0.2, 0) is 6.18 Å². The summed E-state index contributed by atoms with van der Waals surface area (Å²) >= 11 is 0. The predicted molar refractivity (Wildman–Crippen MR) is 126 cm³/mol. The lowest BCUT2D eigenvalue weighted by molar-refractivity contribution is -0.136. The van der Waals surface area contributed by atoms with Gasteiger partial charge in [-0.1, -0.05) is 12.1 Å². The maximum Gasteiger partial charge on any atom is 0.418 e. The SMILES string of the molecule is Cc1nn(C2CC2)c(C)c1-c1nc2c3cccc(C(F)(F)F)c3nc(Nc3ccccnc3=O)n2n1. The van der Waals surface area contributed by atoms with Gasteiger partial charge in [-0.05, 0) is 51.0 Å². The van der Waals surface area contributed by atoms with Gasteiger partial charge in [-0.2, -0.15) is 22.8 Å². The van der Waals surface area contributed by atoms with Crippen LogP contribution in [0.3, 0.4) is 0 Å². The number of aromatic nitrogens is 7. The van der Waals surface area contributed by atoms with Crippen LogP contribution in [0.25, 0.3) is 27.9 Å². The van der Waals surface area contributed by atoms with E-state index in [2.05, 4.69) is 30.5 Å². The minimum Gasteiger partial charge on any atom is -0.319 e. The van der Waals surface area contributed by atoms with Crippen molar-refractivity contribution in [2.75, 3.05) is 5.32 Å². The third-order valence-electron chi connectivity index (χ3n) is 6.18. The van der Waals surface area contributed by atoms with E-state index in [0.717, 1.165) is 30.3 Å². The Morgan fingerprint density at radius 3 is 2.58 bits per heavy atom. The second kappa shape index (κ2) is 7.83. The molecular formula is C24H19F3N8O. The summed E-state index contributed by atoms with van der Waals surface area (Å²) in [6.45, 7) is 3.78. The number of hydrogen-bond acceptors (Lipinski definition) is 7. The van der Waals surface area contributed by atoms with E-state index in [1.807, 2.05) is 18.5 Å². The first-order valence-corrected chi connectivity index (χ1v) is 11.3. The lowest BCUT2D eigenvalue weighted by Gasteiger charge is -2.12. The lowest BCUT2D eigenvalue weighted by Crippen LogP contribution is -2.13. The topological polar surface area (TPSA) is 103 Å². The Bertz CT molecular complexity index is 1720. The molecule has 5 aromatic rings. The fourth-order valence-corrected chi connectivity index (χ4v) is 4.38. The molecule has 1 aliphatic rings. The number of para-hydroxylation sites is 1. The number of aryl methyl sites for hydroxylation is 1. The van der Waals surface area contributed by atoms with Crippen molar-refractivity contribution in [3.63, 3.8) is 0 Å². The predicted octanol–water partition coefficient (Wildman–Crippen LogP) is 4.61. The van der Waals surface area contributed by atoms with Crippen molar-refractivity contribution < 1.29 is 13.2 Å². The molecule has 0 aliphatic heterocycles. The smallest absolute Gasteiger partial charge is 0.319 e. The Labute approximate surface area is 201 Å². The van der Waals surface area contributed by atoms with E-state index < -0.39 is 17.3 Å². The summed E-state index contributed by atoms with van der Waals surface area (Å²) in [5.41, 5.74) is 0.704. The Kier molecular flexibility index (Phi) is 4.82. The van der Waals surface area contributed by atoms with E-state index in [0.29, 0.717) is 17.4 Å². The van der Waals surface area contributed by atoms with Gasteiger partial charge in [-0.3, -0.25) is 9.48 Å². The highest BCUT2D eigenvalue weighted by Gasteiger charge is 2.34. The highest BCUT2D eigenvalue weighted by atomic mass is 19.4. The Balaban J connectivity index is 1.64. The van der Waals surface area contributed by atoms with Gasteiger partial charge in [0, 0.05) is 17.3 Å². The van der Waals surface area contributed by atoms with Gasteiger partial charge in [0.25, 0.3) is 5.56 Å². The number of nitrogens with one attached hydrogen (secondary N) is 1. The number of nitrogens with zero attached hydrogens (tertiary/aromatic N) is 7. The van der Waals surface area contributed by atoms with E-state index >= 15 is 0 Å². The Morgan fingerprint density at radius 2 is 1.83 bits per heavy atom. The van der Waals surface area contributed by atoms with Gasteiger partial charge in [0.15, 0.2) is 11.5 Å². The second-order valence-corrected chi connectivity index (χ2v) is 8.70. The third kappa shape index (κ3) is 3.56. The van der Waals surface area contributed by atoms with E-state index in [1.54, 1.807) is 12.1 Å². The highest BCUT2D eigenvalue weighted by Crippen LogP contribution is 2.39. The molecule has 4 aromatic heterocycles. The molecule has 1 N–H and O–H groups in total. The zero-order valence-corrected chi connectivity index (χ0v) is 19.2. The molecule has 0 amide bonds.